The zero-order chi connectivity index (χ0) is 41.5. The number of aliphatic carboxylic acids is 1. The van der Waals surface area contributed by atoms with Gasteiger partial charge in [-0.25, -0.2) is 9.78 Å². The molecule has 1 unspecified atom stereocenters. The predicted octanol–water partition coefficient (Wildman–Crippen LogP) is 3.27. The maximum atomic E-state index is 13.9. The van der Waals surface area contributed by atoms with E-state index in [0.717, 1.165) is 51.4 Å². The van der Waals surface area contributed by atoms with Gasteiger partial charge >= 0.3 is 5.97 Å². The number of nitrogens with one attached hydrogen (secondary N) is 5. The molecule has 1 aromatic carbocycles. The standard InChI is InChI=1S/C42H59N7O8/c1-5-13-30(35(51)39(54)47-31(41(56)57)22-26-14-8-6-9-15-26)46-33(50)23-28-18-12-19-29(28)24-45-40(55)36(42(2,3)4)49-38(53)34(27-16-10-7-11-17-27)48-37(52)32-25-43-20-21-44-32/h6,8-9,14-15,20-21,25,27-31,34,36H,5,7,10-13,16-19,22-24H2,1-4H3,(H,45,55)(H,46,50)(H,47,54)(H,48,52)(H,49,53)(H,56,57)/t28-,29+,30?,31+,34-,36-/m1/s1. The molecule has 0 aliphatic heterocycles. The fourth-order valence-electron chi connectivity index (χ4n) is 7.88. The Morgan fingerprint density at radius 3 is 2.14 bits per heavy atom. The number of hydrogen-bond donors (Lipinski definition) is 6. The predicted molar refractivity (Wildman–Crippen MR) is 211 cm³/mol. The van der Waals surface area contributed by atoms with Crippen LogP contribution < -0.4 is 26.6 Å². The van der Waals surface area contributed by atoms with E-state index in [0.29, 0.717) is 12.0 Å². The van der Waals surface area contributed by atoms with Crippen molar-refractivity contribution in [3.05, 3.63) is 60.2 Å². The molecule has 2 fully saturated rings. The highest BCUT2D eigenvalue weighted by Crippen LogP contribution is 2.34. The Balaban J connectivity index is 1.34. The van der Waals surface area contributed by atoms with Crippen LogP contribution in [0.3, 0.4) is 0 Å². The lowest BCUT2D eigenvalue weighted by molar-refractivity contribution is -0.145. The fraction of sp³-hybridized carbons (Fsp3) is 0.595. The zero-order valence-corrected chi connectivity index (χ0v) is 33.6. The molecule has 15 heteroatoms. The summed E-state index contributed by atoms with van der Waals surface area (Å²) in [6, 6.07) is 4.52. The summed E-state index contributed by atoms with van der Waals surface area (Å²) in [5.41, 5.74) is 0.0956. The van der Waals surface area contributed by atoms with Crippen LogP contribution in [0.5, 0.6) is 0 Å². The van der Waals surface area contributed by atoms with Crippen molar-refractivity contribution in [2.75, 3.05) is 6.54 Å². The van der Waals surface area contributed by atoms with Crippen LogP contribution in [0.25, 0.3) is 0 Å². The molecule has 0 radical (unpaired) electrons. The number of amides is 5. The zero-order valence-electron chi connectivity index (χ0n) is 33.6. The number of carbonyl (C=O) groups excluding carboxylic acids is 6. The summed E-state index contributed by atoms with van der Waals surface area (Å²) < 4.78 is 0. The third kappa shape index (κ3) is 13.5. The van der Waals surface area contributed by atoms with Crippen LogP contribution >= 0.6 is 0 Å². The van der Waals surface area contributed by atoms with Gasteiger partial charge in [-0.15, -0.1) is 0 Å². The minimum atomic E-state index is -1.32. The molecule has 0 spiro atoms. The van der Waals surface area contributed by atoms with E-state index in [2.05, 4.69) is 36.6 Å². The summed E-state index contributed by atoms with van der Waals surface area (Å²) in [5, 5.41) is 23.6. The Hall–Kier alpha value is -5.21. The normalized spacial score (nSPS) is 19.2. The van der Waals surface area contributed by atoms with Crippen LogP contribution in [0, 0.1) is 23.2 Å². The van der Waals surface area contributed by atoms with Gasteiger partial charge in [0.15, 0.2) is 0 Å². The third-order valence-electron chi connectivity index (χ3n) is 11.0. The Bertz CT molecular complexity index is 1690. The van der Waals surface area contributed by atoms with Gasteiger partial charge in [-0.2, -0.15) is 0 Å². The molecule has 15 nitrogen and oxygen atoms in total. The summed E-state index contributed by atoms with van der Waals surface area (Å²) in [6.07, 6.45) is 11.8. The summed E-state index contributed by atoms with van der Waals surface area (Å²) in [5.74, 6) is -5.25. The van der Waals surface area contributed by atoms with Crippen LogP contribution in [0.15, 0.2) is 48.9 Å². The second kappa shape index (κ2) is 21.4. The SMILES string of the molecule is CCCC(NC(=O)C[C@H]1CCC[C@H]1CNC(=O)[C@@H](NC(=O)[C@H](NC(=O)c1cnccn1)C1CCCCC1)C(C)(C)C)C(=O)C(=O)N[C@@H](Cc1ccccc1)C(=O)O. The average molecular weight is 790 g/mol. The van der Waals surface area contributed by atoms with Crippen LogP contribution in [-0.4, -0.2) is 87.1 Å². The van der Waals surface area contributed by atoms with Gasteiger partial charge in [-0.1, -0.05) is 90.1 Å². The number of carboxylic acids is 1. The van der Waals surface area contributed by atoms with E-state index >= 15 is 0 Å². The van der Waals surface area contributed by atoms with Gasteiger partial charge < -0.3 is 31.7 Å². The molecular weight excluding hydrogens is 731 g/mol. The molecule has 1 aromatic heterocycles. The van der Waals surface area contributed by atoms with E-state index < -0.39 is 65.0 Å². The number of benzene rings is 1. The summed E-state index contributed by atoms with van der Waals surface area (Å²) in [6.45, 7) is 7.65. The van der Waals surface area contributed by atoms with Crippen LogP contribution in [0.1, 0.15) is 114 Å². The molecule has 57 heavy (non-hydrogen) atoms. The van der Waals surface area contributed by atoms with Gasteiger partial charge in [0.1, 0.15) is 23.8 Å². The third-order valence-corrected chi connectivity index (χ3v) is 11.0. The van der Waals surface area contributed by atoms with Crippen molar-refractivity contribution in [3.63, 3.8) is 0 Å². The largest absolute Gasteiger partial charge is 0.480 e. The number of ketones is 1. The summed E-state index contributed by atoms with van der Waals surface area (Å²) in [7, 11) is 0. The Morgan fingerprint density at radius 1 is 0.807 bits per heavy atom. The lowest BCUT2D eigenvalue weighted by atomic mass is 9.82. The topological polar surface area (TPSA) is 226 Å². The van der Waals surface area contributed by atoms with E-state index in [1.807, 2.05) is 27.7 Å². The molecule has 310 valence electrons. The molecule has 4 rings (SSSR count). The quantitative estimate of drug-likeness (QED) is 0.114. The van der Waals surface area contributed by atoms with E-state index in [-0.39, 0.29) is 55.2 Å². The molecule has 0 saturated heterocycles. The van der Waals surface area contributed by atoms with Crippen molar-refractivity contribution < 1.29 is 38.7 Å². The van der Waals surface area contributed by atoms with E-state index in [9.17, 15) is 38.7 Å². The van der Waals surface area contributed by atoms with Gasteiger partial charge in [-0.05, 0) is 60.8 Å². The highest BCUT2D eigenvalue weighted by atomic mass is 16.4. The first kappa shape index (κ1) is 44.5. The van der Waals surface area contributed by atoms with Gasteiger partial charge in [-0.3, -0.25) is 33.8 Å². The Kier molecular flexibility index (Phi) is 16.7. The molecule has 6 atom stereocenters. The van der Waals surface area contributed by atoms with E-state index in [4.69, 9.17) is 0 Å². The number of rotatable bonds is 19. The van der Waals surface area contributed by atoms with Gasteiger partial charge in [0, 0.05) is 31.8 Å². The summed E-state index contributed by atoms with van der Waals surface area (Å²) >= 11 is 0. The molecule has 2 aliphatic carbocycles. The first-order chi connectivity index (χ1) is 27.2. The van der Waals surface area contributed by atoms with Crippen molar-refractivity contribution in [1.29, 1.82) is 0 Å². The molecule has 2 aromatic rings. The highest BCUT2D eigenvalue weighted by Gasteiger charge is 2.39. The Morgan fingerprint density at radius 2 is 1.51 bits per heavy atom. The van der Waals surface area contributed by atoms with Crippen molar-refractivity contribution in [3.8, 4) is 0 Å². The van der Waals surface area contributed by atoms with Crippen molar-refractivity contribution in [2.24, 2.45) is 23.2 Å². The van der Waals surface area contributed by atoms with Crippen LogP contribution in [0.2, 0.25) is 0 Å². The smallest absolute Gasteiger partial charge is 0.326 e. The summed E-state index contributed by atoms with van der Waals surface area (Å²) in [4.78, 5) is 100. The van der Waals surface area contributed by atoms with Gasteiger partial charge in [0.05, 0.1) is 12.2 Å². The maximum Gasteiger partial charge on any atom is 0.326 e. The van der Waals surface area contributed by atoms with Crippen LogP contribution in [-0.2, 0) is 35.2 Å². The van der Waals surface area contributed by atoms with Crippen molar-refractivity contribution in [1.82, 2.24) is 36.6 Å². The fourth-order valence-corrected chi connectivity index (χ4v) is 7.88. The maximum absolute atomic E-state index is 13.9. The average Bonchev–Trinajstić information content (AvgIpc) is 3.63. The van der Waals surface area contributed by atoms with Crippen molar-refractivity contribution >= 4 is 41.3 Å². The number of carboxylic acid groups (broad SMARTS) is 1. The molecule has 2 saturated carbocycles. The van der Waals surface area contributed by atoms with Gasteiger partial charge in [0.2, 0.25) is 23.5 Å². The second-order valence-corrected chi connectivity index (χ2v) is 16.5. The Labute approximate surface area is 334 Å². The number of carbonyl (C=O) groups is 7. The number of hydrogen-bond acceptors (Lipinski definition) is 9. The monoisotopic (exact) mass is 789 g/mol. The highest BCUT2D eigenvalue weighted by molar-refractivity contribution is 6.38. The second-order valence-electron chi connectivity index (χ2n) is 16.5. The van der Waals surface area contributed by atoms with E-state index in [1.54, 1.807) is 30.3 Å². The first-order valence-electron chi connectivity index (χ1n) is 20.2. The first-order valence-corrected chi connectivity index (χ1v) is 20.2. The van der Waals surface area contributed by atoms with Crippen molar-refractivity contribution in [2.45, 2.75) is 129 Å². The number of Topliss-reactive ketones (excluding diaryl/α,β-unsaturated/α-hetero) is 1. The molecule has 6 N–H and O–H groups in total. The number of nitrogens with zero attached hydrogens (tertiary/aromatic N) is 2. The minimum absolute atomic E-state index is 0.00750. The minimum Gasteiger partial charge on any atom is -0.480 e. The van der Waals surface area contributed by atoms with E-state index in [1.165, 1.54) is 18.6 Å². The number of aromatic nitrogens is 2. The molecule has 5 amide bonds. The molecule has 2 aliphatic rings. The van der Waals surface area contributed by atoms with Gasteiger partial charge in [0.25, 0.3) is 11.8 Å². The molecule has 0 bridgehead atoms. The lowest BCUT2D eigenvalue weighted by Crippen LogP contribution is -2.60. The molecule has 1 heterocycles. The van der Waals surface area contributed by atoms with Crippen LogP contribution in [0.4, 0.5) is 0 Å². The molecular formula is C42H59N7O8. The lowest BCUT2D eigenvalue weighted by Gasteiger charge is -2.35.